The van der Waals surface area contributed by atoms with E-state index in [1.54, 1.807) is 24.3 Å². The first-order chi connectivity index (χ1) is 8.37. The van der Waals surface area contributed by atoms with Crippen LogP contribution in [0.25, 0.3) is 0 Å². The second-order valence-corrected chi connectivity index (χ2v) is 3.66. The fourth-order valence-electron chi connectivity index (χ4n) is 1.12. The lowest BCUT2D eigenvalue weighted by molar-refractivity contribution is -0.179. The molecule has 0 aliphatic heterocycles. The molecule has 0 aromatic heterocycles. The molecule has 0 radical (unpaired) electrons. The molecule has 18 heavy (non-hydrogen) atoms. The molecule has 0 saturated carbocycles. The van der Waals surface area contributed by atoms with E-state index in [1.165, 1.54) is 0 Å². The fraction of sp³-hybridized carbons (Fsp3) is 0.455. The van der Waals surface area contributed by atoms with Crippen molar-refractivity contribution in [3.05, 3.63) is 24.3 Å². The summed E-state index contributed by atoms with van der Waals surface area (Å²) in [5.74, 6) is 0.471. The van der Waals surface area contributed by atoms with Crippen LogP contribution in [-0.4, -0.2) is 37.2 Å². The number of halogens is 3. The first kappa shape index (κ1) is 14.6. The molecule has 0 spiro atoms. The van der Waals surface area contributed by atoms with Crippen LogP contribution in [0.4, 0.5) is 18.9 Å². The molecular formula is C11H14F3NO3. The number of aliphatic hydroxyl groups excluding tert-OH is 1. The normalized spacial score (nSPS) is 13.3. The lowest BCUT2D eigenvalue weighted by Gasteiger charge is -2.13. The van der Waals surface area contributed by atoms with Crippen molar-refractivity contribution in [2.75, 3.05) is 25.6 Å². The van der Waals surface area contributed by atoms with Gasteiger partial charge in [0.15, 0.2) is 0 Å². The standard InChI is InChI=1S/C11H14F3NO3/c12-11(13,14)7-17-5-9(16)6-18-10-3-1-8(15)2-4-10/h1-4,9,16H,5-7,15H2. The van der Waals surface area contributed by atoms with Crippen LogP contribution < -0.4 is 10.5 Å². The Kier molecular flexibility index (Phi) is 5.24. The maximum atomic E-state index is 11.7. The van der Waals surface area contributed by atoms with Crippen molar-refractivity contribution in [2.45, 2.75) is 12.3 Å². The fourth-order valence-corrected chi connectivity index (χ4v) is 1.12. The van der Waals surface area contributed by atoms with E-state index in [1.807, 2.05) is 0 Å². The van der Waals surface area contributed by atoms with Crippen molar-refractivity contribution >= 4 is 5.69 Å². The van der Waals surface area contributed by atoms with Gasteiger partial charge < -0.3 is 20.3 Å². The predicted octanol–water partition coefficient (Wildman–Crippen LogP) is 1.59. The number of nitrogen functional groups attached to an aromatic ring is 1. The third-order valence-electron chi connectivity index (χ3n) is 1.90. The summed E-state index contributed by atoms with van der Waals surface area (Å²) < 4.78 is 44.7. The Morgan fingerprint density at radius 1 is 1.17 bits per heavy atom. The monoisotopic (exact) mass is 265 g/mol. The number of benzene rings is 1. The maximum absolute atomic E-state index is 11.7. The van der Waals surface area contributed by atoms with E-state index in [9.17, 15) is 18.3 Å². The van der Waals surface area contributed by atoms with Crippen LogP contribution in [0.1, 0.15) is 0 Å². The average Bonchev–Trinajstić information content (AvgIpc) is 2.26. The highest BCUT2D eigenvalue weighted by atomic mass is 19.4. The number of hydrogen-bond donors (Lipinski definition) is 2. The first-order valence-corrected chi connectivity index (χ1v) is 5.18. The molecule has 1 aromatic carbocycles. The third kappa shape index (κ3) is 6.31. The van der Waals surface area contributed by atoms with E-state index in [4.69, 9.17) is 10.5 Å². The minimum atomic E-state index is -4.39. The molecule has 7 heteroatoms. The van der Waals surface area contributed by atoms with Gasteiger partial charge in [0, 0.05) is 5.69 Å². The van der Waals surface area contributed by atoms with Gasteiger partial charge in [0.2, 0.25) is 0 Å². The molecule has 0 aliphatic rings. The second-order valence-electron chi connectivity index (χ2n) is 3.66. The summed E-state index contributed by atoms with van der Waals surface area (Å²) in [7, 11) is 0. The molecule has 0 saturated heterocycles. The molecule has 0 heterocycles. The van der Waals surface area contributed by atoms with Gasteiger partial charge in [0.25, 0.3) is 0 Å². The Bertz CT molecular complexity index is 354. The molecule has 0 aliphatic carbocycles. The number of nitrogens with two attached hydrogens (primary N) is 1. The minimum absolute atomic E-state index is 0.151. The smallest absolute Gasteiger partial charge is 0.411 e. The summed E-state index contributed by atoms with van der Waals surface area (Å²) in [4.78, 5) is 0. The summed E-state index contributed by atoms with van der Waals surface area (Å²) in [5.41, 5.74) is 6.02. The Hall–Kier alpha value is -1.47. The van der Waals surface area contributed by atoms with E-state index in [-0.39, 0.29) is 6.61 Å². The Balaban J connectivity index is 2.21. The lowest BCUT2D eigenvalue weighted by atomic mass is 10.3. The summed E-state index contributed by atoms with van der Waals surface area (Å²) in [5, 5.41) is 9.32. The molecule has 102 valence electrons. The SMILES string of the molecule is Nc1ccc(OCC(O)COCC(F)(F)F)cc1. The van der Waals surface area contributed by atoms with Crippen LogP contribution in [-0.2, 0) is 4.74 Å². The molecule has 1 aromatic rings. The van der Waals surface area contributed by atoms with E-state index >= 15 is 0 Å². The van der Waals surface area contributed by atoms with Crippen LogP contribution in [0.3, 0.4) is 0 Å². The van der Waals surface area contributed by atoms with Crippen molar-refractivity contribution < 1.29 is 27.8 Å². The van der Waals surface area contributed by atoms with Gasteiger partial charge >= 0.3 is 6.18 Å². The van der Waals surface area contributed by atoms with Crippen molar-refractivity contribution in [2.24, 2.45) is 0 Å². The zero-order valence-electron chi connectivity index (χ0n) is 9.48. The number of ether oxygens (including phenoxy) is 2. The van der Waals surface area contributed by atoms with Gasteiger partial charge in [-0.1, -0.05) is 0 Å². The molecule has 1 unspecified atom stereocenters. The summed E-state index contributed by atoms with van der Waals surface area (Å²) >= 11 is 0. The quantitative estimate of drug-likeness (QED) is 0.767. The zero-order valence-corrected chi connectivity index (χ0v) is 9.48. The lowest BCUT2D eigenvalue weighted by Crippen LogP contribution is -2.27. The molecule has 1 atom stereocenters. The van der Waals surface area contributed by atoms with E-state index in [0.29, 0.717) is 11.4 Å². The third-order valence-corrected chi connectivity index (χ3v) is 1.90. The van der Waals surface area contributed by atoms with E-state index in [0.717, 1.165) is 0 Å². The van der Waals surface area contributed by atoms with Crippen LogP contribution in [0.5, 0.6) is 5.75 Å². The number of aliphatic hydroxyl groups is 1. The van der Waals surface area contributed by atoms with Gasteiger partial charge in [-0.25, -0.2) is 0 Å². The van der Waals surface area contributed by atoms with Crippen molar-refractivity contribution in [3.63, 3.8) is 0 Å². The highest BCUT2D eigenvalue weighted by molar-refractivity contribution is 5.41. The molecule has 1 rings (SSSR count). The number of alkyl halides is 3. The summed E-state index contributed by atoms with van der Waals surface area (Å²) in [6, 6.07) is 6.42. The Morgan fingerprint density at radius 3 is 2.33 bits per heavy atom. The average molecular weight is 265 g/mol. The van der Waals surface area contributed by atoms with Crippen molar-refractivity contribution in [1.29, 1.82) is 0 Å². The van der Waals surface area contributed by atoms with Gasteiger partial charge in [-0.2, -0.15) is 13.2 Å². The topological polar surface area (TPSA) is 64.7 Å². The van der Waals surface area contributed by atoms with Gasteiger partial charge in [-0.3, -0.25) is 0 Å². The predicted molar refractivity (Wildman–Crippen MR) is 59.2 cm³/mol. The minimum Gasteiger partial charge on any atom is -0.491 e. The molecule has 0 bridgehead atoms. The first-order valence-electron chi connectivity index (χ1n) is 5.18. The van der Waals surface area contributed by atoms with Gasteiger partial charge in [0.1, 0.15) is 25.1 Å². The van der Waals surface area contributed by atoms with Gasteiger partial charge in [-0.05, 0) is 24.3 Å². The molecule has 0 amide bonds. The molecule has 3 N–H and O–H groups in total. The van der Waals surface area contributed by atoms with Gasteiger partial charge in [-0.15, -0.1) is 0 Å². The van der Waals surface area contributed by atoms with Crippen molar-refractivity contribution in [3.8, 4) is 5.75 Å². The number of rotatable bonds is 6. The van der Waals surface area contributed by atoms with Crippen LogP contribution in [0.15, 0.2) is 24.3 Å². The highest BCUT2D eigenvalue weighted by Crippen LogP contribution is 2.15. The molecule has 0 fully saturated rings. The van der Waals surface area contributed by atoms with Crippen LogP contribution in [0.2, 0.25) is 0 Å². The van der Waals surface area contributed by atoms with Crippen molar-refractivity contribution in [1.82, 2.24) is 0 Å². The number of hydrogen-bond acceptors (Lipinski definition) is 4. The Labute approximate surface area is 102 Å². The Morgan fingerprint density at radius 2 is 1.78 bits per heavy atom. The maximum Gasteiger partial charge on any atom is 0.411 e. The zero-order chi connectivity index (χ0) is 13.6. The largest absolute Gasteiger partial charge is 0.491 e. The molecule has 4 nitrogen and oxygen atoms in total. The van der Waals surface area contributed by atoms with Gasteiger partial charge in [0.05, 0.1) is 6.61 Å². The van der Waals surface area contributed by atoms with Crippen LogP contribution >= 0.6 is 0 Å². The number of anilines is 1. The summed E-state index contributed by atoms with van der Waals surface area (Å²) in [6.07, 6.45) is -5.51. The van der Waals surface area contributed by atoms with E-state index in [2.05, 4.69) is 4.74 Å². The summed E-state index contributed by atoms with van der Waals surface area (Å²) in [6.45, 7) is -1.97. The second kappa shape index (κ2) is 6.46. The van der Waals surface area contributed by atoms with E-state index < -0.39 is 25.5 Å². The molecular weight excluding hydrogens is 251 g/mol. The van der Waals surface area contributed by atoms with Crippen LogP contribution in [0, 0.1) is 0 Å². The highest BCUT2D eigenvalue weighted by Gasteiger charge is 2.27.